The van der Waals surface area contributed by atoms with E-state index in [1.54, 1.807) is 0 Å². The Morgan fingerprint density at radius 2 is 1.12 bits per heavy atom. The van der Waals surface area contributed by atoms with Crippen LogP contribution in [0.1, 0.15) is 0 Å². The standard InChI is InChI=1S/C30H20BN/c1-2-10-21(11-3-1)22-12-8-13-23(20-22)32-28-18-7-6-17-27(28)31-26-16-5-4-14-24(26)25-15-9-19-29(32)30(25)31/h1-20H. The number of rotatable bonds is 2. The van der Waals surface area contributed by atoms with Gasteiger partial charge < -0.3 is 4.90 Å². The molecule has 0 saturated heterocycles. The molecule has 2 aliphatic heterocycles. The summed E-state index contributed by atoms with van der Waals surface area (Å²) < 4.78 is 0. The van der Waals surface area contributed by atoms with Crippen molar-refractivity contribution in [3.8, 4) is 22.3 Å². The fourth-order valence-electron chi connectivity index (χ4n) is 5.56. The normalized spacial score (nSPS) is 12.9. The van der Waals surface area contributed by atoms with Gasteiger partial charge in [-0.3, -0.25) is 0 Å². The van der Waals surface area contributed by atoms with Gasteiger partial charge in [-0.05, 0) is 57.4 Å². The lowest BCUT2D eigenvalue weighted by atomic mass is 9.37. The molecule has 0 bridgehead atoms. The molecule has 0 aromatic heterocycles. The average molecular weight is 405 g/mol. The number of nitrogens with zero attached hydrogens (tertiary/aromatic N) is 1. The van der Waals surface area contributed by atoms with E-state index >= 15 is 0 Å². The first-order chi connectivity index (χ1) is 15.9. The van der Waals surface area contributed by atoms with Crippen molar-refractivity contribution in [3.05, 3.63) is 121 Å². The molecule has 0 unspecified atom stereocenters. The summed E-state index contributed by atoms with van der Waals surface area (Å²) in [4.78, 5) is 2.45. The van der Waals surface area contributed by atoms with Crippen LogP contribution >= 0.6 is 0 Å². The van der Waals surface area contributed by atoms with Gasteiger partial charge in [0.25, 0.3) is 0 Å². The molecule has 0 spiro atoms. The first-order valence-corrected chi connectivity index (χ1v) is 11.2. The quantitative estimate of drug-likeness (QED) is 0.337. The highest BCUT2D eigenvalue weighted by atomic mass is 15.1. The molecular weight excluding hydrogens is 385 g/mol. The lowest BCUT2D eigenvalue weighted by Gasteiger charge is -2.36. The number of hydrogen-bond donors (Lipinski definition) is 0. The minimum Gasteiger partial charge on any atom is -0.311 e. The smallest absolute Gasteiger partial charge is 0.248 e. The predicted molar refractivity (Wildman–Crippen MR) is 137 cm³/mol. The lowest BCUT2D eigenvalue weighted by molar-refractivity contribution is 1.30. The monoisotopic (exact) mass is 405 g/mol. The molecule has 5 aromatic rings. The highest BCUT2D eigenvalue weighted by molar-refractivity contribution is 7.01. The number of fused-ring (bicyclic) bond motifs is 5. The van der Waals surface area contributed by atoms with Gasteiger partial charge in [0, 0.05) is 17.1 Å². The summed E-state index contributed by atoms with van der Waals surface area (Å²) in [5.41, 5.74) is 13.2. The van der Waals surface area contributed by atoms with E-state index in [1.165, 1.54) is 55.7 Å². The van der Waals surface area contributed by atoms with E-state index in [0.717, 1.165) is 0 Å². The molecule has 0 fully saturated rings. The molecule has 5 aromatic carbocycles. The second-order valence-electron chi connectivity index (χ2n) is 8.57. The van der Waals surface area contributed by atoms with Gasteiger partial charge in [-0.2, -0.15) is 0 Å². The Balaban J connectivity index is 1.49. The van der Waals surface area contributed by atoms with E-state index < -0.39 is 0 Å². The third-order valence-corrected chi connectivity index (χ3v) is 6.87. The first-order valence-electron chi connectivity index (χ1n) is 11.2. The van der Waals surface area contributed by atoms with Crippen LogP contribution in [0.5, 0.6) is 0 Å². The molecule has 148 valence electrons. The molecule has 2 heterocycles. The van der Waals surface area contributed by atoms with Crippen LogP contribution in [0.4, 0.5) is 17.1 Å². The summed E-state index contributed by atoms with van der Waals surface area (Å²) in [6.45, 7) is 0.294. The molecule has 2 heteroatoms. The van der Waals surface area contributed by atoms with Gasteiger partial charge in [0.15, 0.2) is 0 Å². The van der Waals surface area contributed by atoms with Gasteiger partial charge in [-0.1, -0.05) is 103 Å². The zero-order valence-corrected chi connectivity index (χ0v) is 17.6. The Morgan fingerprint density at radius 1 is 0.469 bits per heavy atom. The molecule has 32 heavy (non-hydrogen) atoms. The van der Waals surface area contributed by atoms with Crippen molar-refractivity contribution >= 4 is 40.2 Å². The van der Waals surface area contributed by atoms with Crippen LogP contribution in [0.25, 0.3) is 22.3 Å². The molecule has 0 amide bonds. The van der Waals surface area contributed by atoms with Crippen molar-refractivity contribution in [3.63, 3.8) is 0 Å². The molecule has 0 aliphatic carbocycles. The first kappa shape index (κ1) is 17.6. The van der Waals surface area contributed by atoms with Gasteiger partial charge in [-0.15, -0.1) is 0 Å². The van der Waals surface area contributed by atoms with Gasteiger partial charge in [0.05, 0.1) is 0 Å². The minimum atomic E-state index is 0.294. The maximum Gasteiger partial charge on any atom is 0.248 e. The Labute approximate surface area is 188 Å². The van der Waals surface area contributed by atoms with E-state index in [2.05, 4.69) is 126 Å². The third-order valence-electron chi connectivity index (χ3n) is 6.87. The molecule has 2 aliphatic rings. The van der Waals surface area contributed by atoms with Crippen LogP contribution < -0.4 is 21.3 Å². The van der Waals surface area contributed by atoms with Gasteiger partial charge >= 0.3 is 0 Å². The fourth-order valence-corrected chi connectivity index (χ4v) is 5.56. The summed E-state index contributed by atoms with van der Waals surface area (Å²) in [6, 6.07) is 44.1. The summed E-state index contributed by atoms with van der Waals surface area (Å²) >= 11 is 0. The number of anilines is 3. The highest BCUT2D eigenvalue weighted by Crippen LogP contribution is 2.40. The Hall–Kier alpha value is -4.04. The summed E-state index contributed by atoms with van der Waals surface area (Å²) in [7, 11) is 0. The van der Waals surface area contributed by atoms with Crippen molar-refractivity contribution < 1.29 is 0 Å². The molecule has 0 N–H and O–H groups in total. The fraction of sp³-hybridized carbons (Fsp3) is 0. The highest BCUT2D eigenvalue weighted by Gasteiger charge is 2.41. The van der Waals surface area contributed by atoms with E-state index in [0.29, 0.717) is 6.71 Å². The van der Waals surface area contributed by atoms with Gasteiger partial charge in [-0.25, -0.2) is 0 Å². The Morgan fingerprint density at radius 3 is 2.03 bits per heavy atom. The van der Waals surface area contributed by atoms with Crippen molar-refractivity contribution in [1.82, 2.24) is 0 Å². The van der Waals surface area contributed by atoms with Crippen LogP contribution in [-0.2, 0) is 0 Å². The Bertz CT molecular complexity index is 1490. The van der Waals surface area contributed by atoms with E-state index in [9.17, 15) is 0 Å². The predicted octanol–water partition coefficient (Wildman–Crippen LogP) is 5.63. The molecule has 0 atom stereocenters. The number of para-hydroxylation sites is 1. The summed E-state index contributed by atoms with van der Waals surface area (Å²) in [5.74, 6) is 0. The van der Waals surface area contributed by atoms with Crippen LogP contribution in [0, 0.1) is 0 Å². The zero-order chi connectivity index (χ0) is 21.1. The minimum absolute atomic E-state index is 0.294. The average Bonchev–Trinajstić information content (AvgIpc) is 3.21. The van der Waals surface area contributed by atoms with Crippen LogP contribution in [0.3, 0.4) is 0 Å². The molecule has 7 rings (SSSR count). The lowest BCUT2D eigenvalue weighted by Crippen LogP contribution is -2.54. The van der Waals surface area contributed by atoms with Crippen molar-refractivity contribution in [2.24, 2.45) is 0 Å². The SMILES string of the molecule is c1ccc(-c2cccc(N3c4ccccc4B4c5ccccc5-c5cccc3c54)c2)cc1. The van der Waals surface area contributed by atoms with Crippen LogP contribution in [0.15, 0.2) is 121 Å². The van der Waals surface area contributed by atoms with Crippen LogP contribution in [0.2, 0.25) is 0 Å². The number of hydrogen-bond acceptors (Lipinski definition) is 1. The number of benzene rings is 5. The maximum atomic E-state index is 2.45. The second kappa shape index (κ2) is 6.73. The maximum absolute atomic E-state index is 2.45. The van der Waals surface area contributed by atoms with Crippen molar-refractivity contribution in [2.45, 2.75) is 0 Å². The molecule has 0 saturated carbocycles. The second-order valence-corrected chi connectivity index (χ2v) is 8.57. The topological polar surface area (TPSA) is 3.24 Å². The Kier molecular flexibility index (Phi) is 3.71. The molecular formula is C30H20BN. The molecule has 0 radical (unpaired) electrons. The zero-order valence-electron chi connectivity index (χ0n) is 17.6. The largest absolute Gasteiger partial charge is 0.311 e. The van der Waals surface area contributed by atoms with E-state index in [1.807, 2.05) is 0 Å². The van der Waals surface area contributed by atoms with Gasteiger partial charge in [0.2, 0.25) is 6.71 Å². The van der Waals surface area contributed by atoms with Crippen molar-refractivity contribution in [2.75, 3.05) is 4.90 Å². The third kappa shape index (κ3) is 2.41. The van der Waals surface area contributed by atoms with Gasteiger partial charge in [0.1, 0.15) is 0 Å². The van der Waals surface area contributed by atoms with Crippen LogP contribution in [-0.4, -0.2) is 6.71 Å². The van der Waals surface area contributed by atoms with E-state index in [-0.39, 0.29) is 0 Å². The van der Waals surface area contributed by atoms with E-state index in [4.69, 9.17) is 0 Å². The summed E-state index contributed by atoms with van der Waals surface area (Å²) in [6.07, 6.45) is 0. The molecule has 1 nitrogen and oxygen atoms in total. The summed E-state index contributed by atoms with van der Waals surface area (Å²) in [5, 5.41) is 0. The van der Waals surface area contributed by atoms with Crippen molar-refractivity contribution in [1.29, 1.82) is 0 Å².